The molecule has 0 saturated carbocycles. The lowest BCUT2D eigenvalue weighted by molar-refractivity contribution is 0.102. The molecule has 0 aliphatic carbocycles. The second-order valence-electron chi connectivity index (χ2n) is 6.58. The molecule has 0 saturated heterocycles. The van der Waals surface area contributed by atoms with Crippen LogP contribution in [0.1, 0.15) is 15.9 Å². The molecular weight excluding hydrogens is 376 g/mol. The number of rotatable bonds is 6. The third-order valence-electron chi connectivity index (χ3n) is 4.52. The summed E-state index contributed by atoms with van der Waals surface area (Å²) in [5.41, 5.74) is 9.45. The number of para-hydroxylation sites is 2. The number of carbonyl (C=O) groups is 1. The van der Waals surface area contributed by atoms with Gasteiger partial charge in [0.2, 0.25) is 5.95 Å². The molecule has 4 aromatic rings. The Bertz CT molecular complexity index is 1080. The minimum atomic E-state index is -0.213. The molecule has 0 atom stereocenters. The summed E-state index contributed by atoms with van der Waals surface area (Å²) < 4.78 is 0. The maximum absolute atomic E-state index is 12.5. The fraction of sp³-hybridized carbons (Fsp3) is 0.0435. The summed E-state index contributed by atoms with van der Waals surface area (Å²) in [7, 11) is 0. The first-order valence-corrected chi connectivity index (χ1v) is 9.40. The van der Waals surface area contributed by atoms with Crippen LogP contribution in [-0.2, 0) is 6.54 Å². The van der Waals surface area contributed by atoms with Gasteiger partial charge >= 0.3 is 0 Å². The van der Waals surface area contributed by atoms with Crippen molar-refractivity contribution in [3.63, 3.8) is 0 Å². The van der Waals surface area contributed by atoms with E-state index >= 15 is 0 Å². The lowest BCUT2D eigenvalue weighted by atomic mass is 10.1. The number of aromatic nitrogens is 3. The molecule has 2 aromatic carbocycles. The van der Waals surface area contributed by atoms with Gasteiger partial charge in [-0.1, -0.05) is 24.3 Å². The number of hydrogen-bond acceptors (Lipinski definition) is 6. The lowest BCUT2D eigenvalue weighted by Crippen LogP contribution is -2.19. The summed E-state index contributed by atoms with van der Waals surface area (Å²) in [6.07, 6.45) is 6.89. The van der Waals surface area contributed by atoms with Gasteiger partial charge in [0.25, 0.3) is 5.91 Å². The van der Waals surface area contributed by atoms with E-state index in [1.54, 1.807) is 55.1 Å². The Labute approximate surface area is 174 Å². The highest BCUT2D eigenvalue weighted by molar-refractivity contribution is 6.05. The predicted octanol–water partition coefficient (Wildman–Crippen LogP) is 4.04. The van der Waals surface area contributed by atoms with E-state index in [4.69, 9.17) is 5.73 Å². The Morgan fingerprint density at radius 1 is 0.900 bits per heavy atom. The first-order valence-electron chi connectivity index (χ1n) is 9.40. The van der Waals surface area contributed by atoms with Crippen molar-refractivity contribution in [1.29, 1.82) is 0 Å². The molecular formula is C23H20N6O. The van der Waals surface area contributed by atoms with Crippen molar-refractivity contribution < 1.29 is 4.79 Å². The zero-order valence-electron chi connectivity index (χ0n) is 16.1. The molecule has 2 heterocycles. The summed E-state index contributed by atoms with van der Waals surface area (Å²) in [4.78, 5) is 27.4. The van der Waals surface area contributed by atoms with E-state index in [2.05, 4.69) is 20.3 Å². The van der Waals surface area contributed by atoms with Crippen molar-refractivity contribution in [1.82, 2.24) is 15.0 Å². The minimum absolute atomic E-state index is 0.213. The molecule has 0 aliphatic heterocycles. The highest BCUT2D eigenvalue weighted by Crippen LogP contribution is 2.23. The molecule has 1 amide bonds. The molecule has 30 heavy (non-hydrogen) atoms. The van der Waals surface area contributed by atoms with E-state index in [-0.39, 0.29) is 5.91 Å². The van der Waals surface area contributed by atoms with E-state index in [1.807, 2.05) is 41.3 Å². The fourth-order valence-corrected chi connectivity index (χ4v) is 2.97. The maximum Gasteiger partial charge on any atom is 0.255 e. The summed E-state index contributed by atoms with van der Waals surface area (Å²) >= 11 is 0. The molecule has 7 nitrogen and oxygen atoms in total. The molecule has 0 fully saturated rings. The molecule has 0 bridgehead atoms. The quantitative estimate of drug-likeness (QED) is 0.477. The zero-order chi connectivity index (χ0) is 20.8. The highest BCUT2D eigenvalue weighted by Gasteiger charge is 2.14. The number of nitrogens with zero attached hydrogens (tertiary/aromatic N) is 4. The van der Waals surface area contributed by atoms with Crippen molar-refractivity contribution >= 4 is 28.9 Å². The van der Waals surface area contributed by atoms with Gasteiger partial charge in [-0.05, 0) is 48.0 Å². The van der Waals surface area contributed by atoms with Gasteiger partial charge in [-0.3, -0.25) is 9.78 Å². The van der Waals surface area contributed by atoms with Crippen LogP contribution in [0.15, 0.2) is 91.5 Å². The molecule has 2 aromatic heterocycles. The number of pyridine rings is 1. The minimum Gasteiger partial charge on any atom is -0.397 e. The fourth-order valence-electron chi connectivity index (χ4n) is 2.97. The SMILES string of the molecule is Nc1ccccc1NC(=O)c1ccc(CN(c2cccnc2)c2ncccn2)cc1. The average Bonchev–Trinajstić information content (AvgIpc) is 2.80. The van der Waals surface area contributed by atoms with Crippen LogP contribution >= 0.6 is 0 Å². The predicted molar refractivity (Wildman–Crippen MR) is 117 cm³/mol. The Balaban J connectivity index is 1.53. The molecule has 3 N–H and O–H groups in total. The number of amides is 1. The number of nitrogens with one attached hydrogen (secondary N) is 1. The Hall–Kier alpha value is -4.26. The van der Waals surface area contributed by atoms with Crippen molar-refractivity contribution in [3.05, 3.63) is 103 Å². The Kier molecular flexibility index (Phi) is 5.61. The number of anilines is 4. The number of hydrogen-bond donors (Lipinski definition) is 2. The Morgan fingerprint density at radius 2 is 1.67 bits per heavy atom. The second kappa shape index (κ2) is 8.83. The van der Waals surface area contributed by atoms with E-state index in [0.29, 0.717) is 29.4 Å². The topological polar surface area (TPSA) is 97.0 Å². The van der Waals surface area contributed by atoms with Crippen LogP contribution in [0, 0.1) is 0 Å². The summed E-state index contributed by atoms with van der Waals surface area (Å²) in [5, 5.41) is 2.84. The number of nitrogen functional groups attached to an aromatic ring is 1. The highest BCUT2D eigenvalue weighted by atomic mass is 16.1. The van der Waals surface area contributed by atoms with Gasteiger partial charge in [0, 0.05) is 24.2 Å². The standard InChI is InChI=1S/C23H20N6O/c24-20-6-1-2-7-21(20)28-22(30)18-10-8-17(9-11-18)16-29(19-5-3-12-25-15-19)23-26-13-4-14-27-23/h1-15H,16,24H2,(H,28,30). The van der Waals surface area contributed by atoms with Crippen LogP contribution in [0.2, 0.25) is 0 Å². The molecule has 4 rings (SSSR count). The summed E-state index contributed by atoms with van der Waals surface area (Å²) in [5.74, 6) is 0.363. The van der Waals surface area contributed by atoms with Gasteiger partial charge in [-0.25, -0.2) is 9.97 Å². The van der Waals surface area contributed by atoms with Gasteiger partial charge in [0.15, 0.2) is 0 Å². The van der Waals surface area contributed by atoms with Crippen LogP contribution in [0.4, 0.5) is 23.0 Å². The molecule has 148 valence electrons. The molecule has 0 unspecified atom stereocenters. The first-order chi connectivity index (χ1) is 14.7. The summed E-state index contributed by atoms with van der Waals surface area (Å²) in [6.45, 7) is 0.531. The van der Waals surface area contributed by atoms with Crippen LogP contribution in [0.25, 0.3) is 0 Å². The van der Waals surface area contributed by atoms with Crippen LogP contribution in [0.3, 0.4) is 0 Å². The number of nitrogens with two attached hydrogens (primary N) is 1. The van der Waals surface area contributed by atoms with Crippen molar-refractivity contribution in [2.24, 2.45) is 0 Å². The number of benzene rings is 2. The van der Waals surface area contributed by atoms with E-state index in [9.17, 15) is 4.79 Å². The monoisotopic (exact) mass is 396 g/mol. The van der Waals surface area contributed by atoms with Gasteiger partial charge in [-0.2, -0.15) is 0 Å². The smallest absolute Gasteiger partial charge is 0.255 e. The Morgan fingerprint density at radius 3 is 2.37 bits per heavy atom. The zero-order valence-corrected chi connectivity index (χ0v) is 16.1. The molecule has 0 aliphatic rings. The van der Waals surface area contributed by atoms with Crippen molar-refractivity contribution in [2.75, 3.05) is 16.0 Å². The molecule has 7 heteroatoms. The maximum atomic E-state index is 12.5. The molecule has 0 radical (unpaired) electrons. The van der Waals surface area contributed by atoms with Crippen molar-refractivity contribution in [2.45, 2.75) is 6.54 Å². The second-order valence-corrected chi connectivity index (χ2v) is 6.58. The lowest BCUT2D eigenvalue weighted by Gasteiger charge is -2.22. The normalized spacial score (nSPS) is 10.4. The van der Waals surface area contributed by atoms with Gasteiger partial charge in [0.05, 0.1) is 29.8 Å². The largest absolute Gasteiger partial charge is 0.397 e. The van der Waals surface area contributed by atoms with Gasteiger partial charge < -0.3 is 16.0 Å². The van der Waals surface area contributed by atoms with E-state index in [0.717, 1.165) is 11.3 Å². The third-order valence-corrected chi connectivity index (χ3v) is 4.52. The third kappa shape index (κ3) is 4.41. The molecule has 0 spiro atoms. The van der Waals surface area contributed by atoms with Gasteiger partial charge in [-0.15, -0.1) is 0 Å². The van der Waals surface area contributed by atoms with Gasteiger partial charge in [0.1, 0.15) is 0 Å². The van der Waals surface area contributed by atoms with Crippen LogP contribution in [-0.4, -0.2) is 20.9 Å². The van der Waals surface area contributed by atoms with Crippen LogP contribution in [0.5, 0.6) is 0 Å². The summed E-state index contributed by atoms with van der Waals surface area (Å²) in [6, 6.07) is 20.2. The van der Waals surface area contributed by atoms with Crippen LogP contribution < -0.4 is 16.0 Å². The number of carbonyl (C=O) groups excluding carboxylic acids is 1. The van der Waals surface area contributed by atoms with E-state index < -0.39 is 0 Å². The van der Waals surface area contributed by atoms with E-state index in [1.165, 1.54) is 0 Å². The first kappa shape index (κ1) is 19.1. The van der Waals surface area contributed by atoms with Crippen molar-refractivity contribution in [3.8, 4) is 0 Å². The average molecular weight is 396 g/mol.